The number of hydrogen-bond acceptors (Lipinski definition) is 5. The molecule has 0 aliphatic carbocycles. The molecule has 0 heterocycles. The van der Waals surface area contributed by atoms with Gasteiger partial charge in [-0.2, -0.15) is 0 Å². The highest BCUT2D eigenvalue weighted by Crippen LogP contribution is 2.52. The smallest absolute Gasteiger partial charge is 0.233 e. The molecule has 0 spiro atoms. The van der Waals surface area contributed by atoms with Crippen molar-refractivity contribution in [2.75, 3.05) is 27.5 Å². The van der Waals surface area contributed by atoms with Crippen molar-refractivity contribution in [1.29, 1.82) is 0 Å². The molecule has 1 unspecified atom stereocenters. The lowest BCUT2D eigenvalue weighted by Gasteiger charge is -2.21. The van der Waals surface area contributed by atoms with E-state index < -0.39 is 12.7 Å². The second-order valence-corrected chi connectivity index (χ2v) is 9.42. The van der Waals surface area contributed by atoms with Gasteiger partial charge in [0.25, 0.3) is 0 Å². The summed E-state index contributed by atoms with van der Waals surface area (Å²) >= 11 is 0. The van der Waals surface area contributed by atoms with Gasteiger partial charge in [-0.25, -0.2) is 0 Å². The number of ether oxygens (including phenoxy) is 3. The standard InChI is InChI=1S/C22H29O5P/c1-5-6-7-11-14-28(24,18-12-9-8-10-13-18)22(23)21-19(26-3)15-17(25-2)16-20(21)27-4/h8-10,12-13,15-16H,5-7,11,14H2,1-4H3. The van der Waals surface area contributed by atoms with Gasteiger partial charge in [0, 0.05) is 23.6 Å². The number of unbranched alkanes of at least 4 members (excludes halogenated alkanes) is 3. The zero-order chi connectivity index (χ0) is 20.6. The van der Waals surface area contributed by atoms with E-state index in [1.807, 2.05) is 18.2 Å². The van der Waals surface area contributed by atoms with Gasteiger partial charge in [-0.3, -0.25) is 4.79 Å². The van der Waals surface area contributed by atoms with Crippen LogP contribution in [0, 0.1) is 0 Å². The molecule has 0 amide bonds. The molecular formula is C22H29O5P. The van der Waals surface area contributed by atoms with Gasteiger partial charge in [0.2, 0.25) is 5.52 Å². The molecule has 0 aliphatic rings. The first-order valence-corrected chi connectivity index (χ1v) is 11.4. The Labute approximate surface area is 167 Å². The molecule has 0 saturated carbocycles. The highest BCUT2D eigenvalue weighted by molar-refractivity contribution is 7.87. The minimum absolute atomic E-state index is 0.202. The lowest BCUT2D eigenvalue weighted by Crippen LogP contribution is -2.17. The molecule has 28 heavy (non-hydrogen) atoms. The van der Waals surface area contributed by atoms with E-state index in [1.165, 1.54) is 21.3 Å². The molecule has 0 aliphatic heterocycles. The van der Waals surface area contributed by atoms with Crippen LogP contribution in [-0.2, 0) is 4.57 Å². The second-order valence-electron chi connectivity index (χ2n) is 6.57. The third kappa shape index (κ3) is 4.77. The number of methoxy groups -OCH3 is 3. The summed E-state index contributed by atoms with van der Waals surface area (Å²) in [6.45, 7) is 2.12. The minimum Gasteiger partial charge on any atom is -0.496 e. The molecule has 2 rings (SSSR count). The molecule has 2 aromatic carbocycles. The van der Waals surface area contributed by atoms with Crippen molar-refractivity contribution in [3.63, 3.8) is 0 Å². The number of benzene rings is 2. The van der Waals surface area contributed by atoms with Crippen LogP contribution in [-0.4, -0.2) is 33.0 Å². The second kappa shape index (κ2) is 10.3. The Morgan fingerprint density at radius 3 is 2.00 bits per heavy atom. The molecule has 5 nitrogen and oxygen atoms in total. The average molecular weight is 404 g/mol. The number of carbonyl (C=O) groups is 1. The first-order chi connectivity index (χ1) is 13.5. The van der Waals surface area contributed by atoms with Crippen LogP contribution in [0.5, 0.6) is 17.2 Å². The van der Waals surface area contributed by atoms with Crippen molar-refractivity contribution in [2.45, 2.75) is 32.6 Å². The van der Waals surface area contributed by atoms with Gasteiger partial charge in [0.15, 0.2) is 7.14 Å². The van der Waals surface area contributed by atoms with E-state index in [0.29, 0.717) is 28.7 Å². The lowest BCUT2D eigenvalue weighted by molar-refractivity contribution is 0.107. The Bertz CT molecular complexity index is 807. The molecule has 0 fully saturated rings. The van der Waals surface area contributed by atoms with Crippen molar-refractivity contribution in [3.05, 3.63) is 48.0 Å². The fraction of sp³-hybridized carbons (Fsp3) is 0.409. The van der Waals surface area contributed by atoms with Gasteiger partial charge >= 0.3 is 0 Å². The largest absolute Gasteiger partial charge is 0.496 e. The summed E-state index contributed by atoms with van der Waals surface area (Å²) in [6.07, 6.45) is 4.13. The topological polar surface area (TPSA) is 61.8 Å². The molecule has 152 valence electrons. The summed E-state index contributed by atoms with van der Waals surface area (Å²) < 4.78 is 30.2. The number of rotatable bonds is 11. The summed E-state index contributed by atoms with van der Waals surface area (Å²) in [7, 11) is 1.10. The SMILES string of the molecule is CCCCCCP(=O)(C(=O)c1c(OC)cc(OC)cc1OC)c1ccccc1. The highest BCUT2D eigenvalue weighted by Gasteiger charge is 2.37. The minimum atomic E-state index is -3.37. The van der Waals surface area contributed by atoms with Crippen LogP contribution in [0.25, 0.3) is 0 Å². The highest BCUT2D eigenvalue weighted by atomic mass is 31.2. The van der Waals surface area contributed by atoms with Crippen molar-refractivity contribution >= 4 is 18.0 Å². The van der Waals surface area contributed by atoms with E-state index >= 15 is 0 Å². The average Bonchev–Trinajstić information content (AvgIpc) is 2.75. The van der Waals surface area contributed by atoms with Crippen LogP contribution in [0.1, 0.15) is 43.0 Å². The first kappa shape index (κ1) is 22.0. The first-order valence-electron chi connectivity index (χ1n) is 9.51. The van der Waals surface area contributed by atoms with E-state index in [9.17, 15) is 9.36 Å². The predicted molar refractivity (Wildman–Crippen MR) is 113 cm³/mol. The van der Waals surface area contributed by atoms with E-state index in [-0.39, 0.29) is 5.56 Å². The van der Waals surface area contributed by atoms with Crippen LogP contribution in [0.15, 0.2) is 42.5 Å². The molecule has 0 aromatic heterocycles. The quantitative estimate of drug-likeness (QED) is 0.384. The van der Waals surface area contributed by atoms with Crippen molar-refractivity contribution in [3.8, 4) is 17.2 Å². The third-order valence-electron chi connectivity index (χ3n) is 4.76. The van der Waals surface area contributed by atoms with Gasteiger partial charge in [0.1, 0.15) is 22.8 Å². The van der Waals surface area contributed by atoms with Gasteiger partial charge in [0.05, 0.1) is 21.3 Å². The summed E-state index contributed by atoms with van der Waals surface area (Å²) in [5.41, 5.74) is -0.236. The normalized spacial score (nSPS) is 12.9. The Morgan fingerprint density at radius 2 is 1.50 bits per heavy atom. The van der Waals surface area contributed by atoms with Crippen molar-refractivity contribution in [2.24, 2.45) is 0 Å². The Kier molecular flexibility index (Phi) is 8.13. The van der Waals surface area contributed by atoms with E-state index in [1.54, 1.807) is 24.3 Å². The fourth-order valence-corrected chi connectivity index (χ4v) is 5.78. The van der Waals surface area contributed by atoms with E-state index in [0.717, 1.165) is 25.7 Å². The van der Waals surface area contributed by atoms with Gasteiger partial charge in [-0.1, -0.05) is 56.5 Å². The van der Waals surface area contributed by atoms with Crippen molar-refractivity contribution < 1.29 is 23.6 Å². The Hall–Kier alpha value is -2.26. The van der Waals surface area contributed by atoms with Gasteiger partial charge < -0.3 is 18.8 Å². The predicted octanol–water partition coefficient (Wildman–Crippen LogP) is 5.12. The summed E-state index contributed by atoms with van der Waals surface area (Å²) in [6, 6.07) is 12.2. The lowest BCUT2D eigenvalue weighted by atomic mass is 10.2. The summed E-state index contributed by atoms with van der Waals surface area (Å²) in [5.74, 6) is 1.10. The van der Waals surface area contributed by atoms with E-state index in [2.05, 4.69) is 6.92 Å². The molecule has 1 atom stereocenters. The van der Waals surface area contributed by atoms with Gasteiger partial charge in [-0.05, 0) is 6.42 Å². The molecule has 0 N–H and O–H groups in total. The number of hydrogen-bond donors (Lipinski definition) is 0. The molecule has 6 heteroatoms. The van der Waals surface area contributed by atoms with Crippen LogP contribution in [0.2, 0.25) is 0 Å². The maximum atomic E-state index is 14.1. The third-order valence-corrected chi connectivity index (χ3v) is 7.71. The van der Waals surface area contributed by atoms with Crippen LogP contribution in [0.4, 0.5) is 0 Å². The molecule has 0 bridgehead atoms. The zero-order valence-electron chi connectivity index (χ0n) is 17.1. The maximum absolute atomic E-state index is 14.1. The fourth-order valence-electron chi connectivity index (χ4n) is 3.17. The Balaban J connectivity index is 2.55. The number of carbonyl (C=O) groups excluding carboxylic acids is 1. The molecule has 2 aromatic rings. The van der Waals surface area contributed by atoms with Crippen LogP contribution < -0.4 is 19.5 Å². The summed E-state index contributed by atoms with van der Waals surface area (Å²) in [4.78, 5) is 13.6. The van der Waals surface area contributed by atoms with Crippen LogP contribution >= 0.6 is 7.14 Å². The molecule has 0 saturated heterocycles. The Morgan fingerprint density at radius 1 is 0.893 bits per heavy atom. The summed E-state index contributed by atoms with van der Waals surface area (Å²) in [5, 5.41) is 0.566. The van der Waals surface area contributed by atoms with E-state index in [4.69, 9.17) is 14.2 Å². The molecular weight excluding hydrogens is 375 g/mol. The maximum Gasteiger partial charge on any atom is 0.233 e. The van der Waals surface area contributed by atoms with Crippen LogP contribution in [0.3, 0.4) is 0 Å². The monoisotopic (exact) mass is 404 g/mol. The molecule has 0 radical (unpaired) electrons. The van der Waals surface area contributed by atoms with Gasteiger partial charge in [-0.15, -0.1) is 0 Å². The zero-order valence-corrected chi connectivity index (χ0v) is 18.0. The van der Waals surface area contributed by atoms with Crippen molar-refractivity contribution in [1.82, 2.24) is 0 Å².